The lowest BCUT2D eigenvalue weighted by atomic mass is 10.2. The Hall–Kier alpha value is -2.75. The Labute approximate surface area is 140 Å². The van der Waals surface area contributed by atoms with E-state index in [9.17, 15) is 9.59 Å². The number of rotatable bonds is 4. The first-order chi connectivity index (χ1) is 11.5. The molecule has 0 saturated carbocycles. The molecule has 2 heterocycles. The molecule has 1 aromatic heterocycles. The van der Waals surface area contributed by atoms with E-state index in [0.29, 0.717) is 11.5 Å². The van der Waals surface area contributed by atoms with Gasteiger partial charge in [-0.25, -0.2) is 4.79 Å². The first-order valence-electron chi connectivity index (χ1n) is 7.02. The minimum absolute atomic E-state index is 0.180. The van der Waals surface area contributed by atoms with Gasteiger partial charge >= 0.3 is 6.03 Å². The predicted molar refractivity (Wildman–Crippen MR) is 82.6 cm³/mol. The summed E-state index contributed by atoms with van der Waals surface area (Å²) in [5, 5.41) is 9.32. The molecular formula is C14H14N4O5S. The molecule has 3 N–H and O–H groups in total. The maximum Gasteiger partial charge on any atom is 0.318 e. The van der Waals surface area contributed by atoms with Crippen LogP contribution >= 0.6 is 11.8 Å². The SMILES string of the molecule is C[C@@H](Sc1nnc([C@@H]2COc3ccccc3O2)o1)C(=O)NC(N)=O. The van der Waals surface area contributed by atoms with E-state index in [0.717, 1.165) is 11.8 Å². The van der Waals surface area contributed by atoms with E-state index in [1.54, 1.807) is 19.1 Å². The van der Waals surface area contributed by atoms with Crippen molar-refractivity contribution in [2.45, 2.75) is 23.5 Å². The van der Waals surface area contributed by atoms with Gasteiger partial charge in [0.05, 0.1) is 5.25 Å². The first-order valence-corrected chi connectivity index (χ1v) is 7.89. The smallest absolute Gasteiger partial charge is 0.318 e. The van der Waals surface area contributed by atoms with Crippen molar-refractivity contribution >= 4 is 23.7 Å². The van der Waals surface area contributed by atoms with Crippen LogP contribution in [-0.2, 0) is 4.79 Å². The van der Waals surface area contributed by atoms with Gasteiger partial charge in [-0.2, -0.15) is 0 Å². The third-order valence-electron chi connectivity index (χ3n) is 3.10. The van der Waals surface area contributed by atoms with Crippen molar-refractivity contribution in [3.63, 3.8) is 0 Å². The number of hydrogen-bond donors (Lipinski definition) is 2. The van der Waals surface area contributed by atoms with Gasteiger partial charge in [-0.1, -0.05) is 23.9 Å². The topological polar surface area (TPSA) is 130 Å². The van der Waals surface area contributed by atoms with E-state index >= 15 is 0 Å². The number of urea groups is 1. The second-order valence-electron chi connectivity index (χ2n) is 4.88. The van der Waals surface area contributed by atoms with Gasteiger partial charge in [0.2, 0.25) is 12.0 Å². The molecule has 24 heavy (non-hydrogen) atoms. The molecule has 0 spiro atoms. The van der Waals surface area contributed by atoms with E-state index < -0.39 is 23.3 Å². The first kappa shape index (κ1) is 16.1. The molecule has 9 nitrogen and oxygen atoms in total. The Bertz CT molecular complexity index is 765. The molecule has 0 unspecified atom stereocenters. The second kappa shape index (κ2) is 6.79. The number of imide groups is 1. The molecule has 3 amide bonds. The number of ether oxygens (including phenoxy) is 2. The largest absolute Gasteiger partial charge is 0.485 e. The fourth-order valence-electron chi connectivity index (χ4n) is 1.97. The Morgan fingerprint density at radius 1 is 1.33 bits per heavy atom. The molecule has 0 saturated heterocycles. The number of primary amides is 1. The molecule has 0 radical (unpaired) electrons. The van der Waals surface area contributed by atoms with Gasteiger partial charge in [0, 0.05) is 0 Å². The van der Waals surface area contributed by atoms with Crippen molar-refractivity contribution in [2.24, 2.45) is 5.73 Å². The zero-order chi connectivity index (χ0) is 17.1. The molecule has 3 rings (SSSR count). The molecule has 1 aromatic carbocycles. The van der Waals surface area contributed by atoms with Crippen LogP contribution in [-0.4, -0.2) is 34.0 Å². The van der Waals surface area contributed by atoms with Gasteiger partial charge in [0.1, 0.15) is 6.61 Å². The molecule has 1 aliphatic heterocycles. The van der Waals surface area contributed by atoms with Crippen LogP contribution in [0.4, 0.5) is 4.79 Å². The fraction of sp³-hybridized carbons (Fsp3) is 0.286. The lowest BCUT2D eigenvalue weighted by Gasteiger charge is -2.23. The summed E-state index contributed by atoms with van der Waals surface area (Å²) in [5.74, 6) is 0.947. The Morgan fingerprint density at radius 2 is 2.08 bits per heavy atom. The van der Waals surface area contributed by atoms with E-state index in [4.69, 9.17) is 19.6 Å². The quantitative estimate of drug-likeness (QED) is 0.788. The van der Waals surface area contributed by atoms with Gasteiger partial charge in [-0.15, -0.1) is 10.2 Å². The average Bonchev–Trinajstić information content (AvgIpc) is 3.02. The van der Waals surface area contributed by atoms with Crippen molar-refractivity contribution in [2.75, 3.05) is 6.61 Å². The van der Waals surface area contributed by atoms with Gasteiger partial charge in [-0.3, -0.25) is 10.1 Å². The van der Waals surface area contributed by atoms with Crippen LogP contribution in [0.3, 0.4) is 0 Å². The normalized spacial score (nSPS) is 17.1. The highest BCUT2D eigenvalue weighted by molar-refractivity contribution is 8.00. The highest BCUT2D eigenvalue weighted by Gasteiger charge is 2.28. The number of thioether (sulfide) groups is 1. The zero-order valence-corrected chi connectivity index (χ0v) is 13.4. The number of amides is 3. The Balaban J connectivity index is 1.64. The highest BCUT2D eigenvalue weighted by atomic mass is 32.2. The monoisotopic (exact) mass is 350 g/mol. The van der Waals surface area contributed by atoms with Crippen LogP contribution in [0, 0.1) is 0 Å². The van der Waals surface area contributed by atoms with Crippen LogP contribution < -0.4 is 20.5 Å². The molecule has 2 aromatic rings. The number of carbonyl (C=O) groups excluding carboxylic acids is 2. The summed E-state index contributed by atoms with van der Waals surface area (Å²) >= 11 is 1.01. The molecule has 2 atom stereocenters. The van der Waals surface area contributed by atoms with Gasteiger partial charge < -0.3 is 19.6 Å². The van der Waals surface area contributed by atoms with Crippen molar-refractivity contribution in [3.8, 4) is 11.5 Å². The summed E-state index contributed by atoms with van der Waals surface area (Å²) in [6, 6.07) is 6.36. The molecular weight excluding hydrogens is 336 g/mol. The summed E-state index contributed by atoms with van der Waals surface area (Å²) in [4.78, 5) is 22.3. The Kier molecular flexibility index (Phi) is 4.56. The number of carbonyl (C=O) groups is 2. The molecule has 1 aliphatic rings. The molecule has 0 fully saturated rings. The zero-order valence-electron chi connectivity index (χ0n) is 12.6. The van der Waals surface area contributed by atoms with Crippen molar-refractivity contribution in [1.82, 2.24) is 15.5 Å². The molecule has 0 bridgehead atoms. The van der Waals surface area contributed by atoms with Crippen molar-refractivity contribution in [3.05, 3.63) is 30.2 Å². The summed E-state index contributed by atoms with van der Waals surface area (Å²) in [5.41, 5.74) is 4.90. The number of nitrogens with two attached hydrogens (primary N) is 1. The number of aromatic nitrogens is 2. The number of nitrogens with one attached hydrogen (secondary N) is 1. The third-order valence-corrected chi connectivity index (χ3v) is 4.03. The summed E-state index contributed by atoms with van der Waals surface area (Å²) in [6.45, 7) is 1.82. The summed E-state index contributed by atoms with van der Waals surface area (Å²) in [7, 11) is 0. The van der Waals surface area contributed by atoms with Crippen LogP contribution in [0.1, 0.15) is 18.9 Å². The van der Waals surface area contributed by atoms with Crippen LogP contribution in [0.25, 0.3) is 0 Å². The molecule has 10 heteroatoms. The number of fused-ring (bicyclic) bond motifs is 1. The average molecular weight is 350 g/mol. The van der Waals surface area contributed by atoms with Crippen LogP contribution in [0.15, 0.2) is 33.9 Å². The van der Waals surface area contributed by atoms with Crippen LogP contribution in [0.5, 0.6) is 11.5 Å². The number of para-hydroxylation sites is 2. The van der Waals surface area contributed by atoms with Crippen LogP contribution in [0.2, 0.25) is 0 Å². The van der Waals surface area contributed by atoms with E-state index in [1.165, 1.54) is 0 Å². The maximum absolute atomic E-state index is 11.6. The Morgan fingerprint density at radius 3 is 2.83 bits per heavy atom. The van der Waals surface area contributed by atoms with Crippen molar-refractivity contribution in [1.29, 1.82) is 0 Å². The number of benzene rings is 1. The minimum Gasteiger partial charge on any atom is -0.485 e. The second-order valence-corrected chi connectivity index (χ2v) is 6.18. The van der Waals surface area contributed by atoms with Crippen molar-refractivity contribution < 1.29 is 23.5 Å². The third kappa shape index (κ3) is 3.59. The summed E-state index contributed by atoms with van der Waals surface area (Å²) in [6.07, 6.45) is -0.531. The van der Waals surface area contributed by atoms with E-state index in [-0.39, 0.29) is 17.7 Å². The predicted octanol–water partition coefficient (Wildman–Crippen LogP) is 1.26. The minimum atomic E-state index is -0.912. The maximum atomic E-state index is 11.6. The summed E-state index contributed by atoms with van der Waals surface area (Å²) < 4.78 is 16.9. The standard InChI is InChI=1S/C14H14N4O5S/c1-7(11(19)16-13(15)20)24-14-18-17-12(23-14)10-6-21-8-4-2-3-5-9(8)22-10/h2-5,7,10H,6H2,1H3,(H3,15,16,19,20)/t7-,10+/m1/s1. The number of hydrogen-bond acceptors (Lipinski definition) is 8. The van der Waals surface area contributed by atoms with Gasteiger partial charge in [-0.05, 0) is 19.1 Å². The molecule has 126 valence electrons. The van der Waals surface area contributed by atoms with E-state index in [2.05, 4.69) is 10.2 Å². The van der Waals surface area contributed by atoms with Gasteiger partial charge in [0.15, 0.2) is 11.5 Å². The van der Waals surface area contributed by atoms with Gasteiger partial charge in [0.25, 0.3) is 11.1 Å². The lowest BCUT2D eigenvalue weighted by molar-refractivity contribution is -0.119. The highest BCUT2D eigenvalue weighted by Crippen LogP contribution is 2.36. The van der Waals surface area contributed by atoms with E-state index in [1.807, 2.05) is 17.4 Å². The fourth-order valence-corrected chi connectivity index (χ4v) is 2.66. The number of nitrogens with zero attached hydrogens (tertiary/aromatic N) is 2. The molecule has 0 aliphatic carbocycles. The lowest BCUT2D eigenvalue weighted by Crippen LogP contribution is -2.39.